The van der Waals surface area contributed by atoms with Gasteiger partial charge in [-0.05, 0) is 0 Å². The van der Waals surface area contributed by atoms with E-state index in [1.54, 1.807) is 0 Å². The van der Waals surface area contributed by atoms with Crippen LogP contribution in [-0.2, 0) is 0 Å². The van der Waals surface area contributed by atoms with Crippen LogP contribution in [0.1, 0.15) is 0 Å². The molecule has 0 aliphatic carbocycles. The Morgan fingerprint density at radius 2 is 1.41 bits per heavy atom. The molecule has 0 aromatic carbocycles. The van der Waals surface area contributed by atoms with E-state index in [1.807, 2.05) is 0 Å². The van der Waals surface area contributed by atoms with Crippen LogP contribution in [0.3, 0.4) is 0 Å². The van der Waals surface area contributed by atoms with Crippen molar-refractivity contribution in [3.05, 3.63) is 0 Å². The fourth-order valence-electron chi connectivity index (χ4n) is 2.50. The van der Waals surface area contributed by atoms with Gasteiger partial charge in [-0.3, -0.25) is 4.90 Å². The van der Waals surface area contributed by atoms with Gasteiger partial charge in [-0.2, -0.15) is 0 Å². The van der Waals surface area contributed by atoms with Crippen LogP contribution in [0.15, 0.2) is 0 Å². The SMILES string of the molecule is OC[C@@H](O)[C@@H](O)[C@@H](O)[C@H](O)CN1C[C@H](O)[C@@H](O)[C@H](O)[C@H]1CO. The van der Waals surface area contributed by atoms with Gasteiger partial charge in [0, 0.05) is 13.1 Å². The molecular weight excluding hydrogens is 302 g/mol. The van der Waals surface area contributed by atoms with Crippen molar-refractivity contribution >= 4 is 0 Å². The first kappa shape index (κ1) is 19.6. The largest absolute Gasteiger partial charge is 0.395 e. The van der Waals surface area contributed by atoms with Crippen LogP contribution in [0.5, 0.6) is 0 Å². The molecule has 0 saturated carbocycles. The molecule has 0 amide bonds. The summed E-state index contributed by atoms with van der Waals surface area (Å²) >= 11 is 0. The van der Waals surface area contributed by atoms with Crippen molar-refractivity contribution < 1.29 is 46.0 Å². The molecule has 0 bridgehead atoms. The van der Waals surface area contributed by atoms with Crippen LogP contribution >= 0.6 is 0 Å². The van der Waals surface area contributed by atoms with E-state index in [0.717, 1.165) is 0 Å². The van der Waals surface area contributed by atoms with Crippen LogP contribution in [0.25, 0.3) is 0 Å². The Morgan fingerprint density at radius 1 is 0.864 bits per heavy atom. The average molecular weight is 327 g/mol. The third-order valence-corrected chi connectivity index (χ3v) is 3.96. The second kappa shape index (κ2) is 8.45. The fourth-order valence-corrected chi connectivity index (χ4v) is 2.50. The minimum absolute atomic E-state index is 0.175. The molecule has 132 valence electrons. The normalized spacial score (nSPS) is 35.9. The standard InChI is InChI=1S/C12H25NO9/c14-3-5-9(19)10(20)6(16)1-13(5)2-7(17)11(21)12(22)8(18)4-15/h5-12,14-22H,1-4H2/t5-,6+,7-,8-,9-,10-,11+,12-/m1/s1. The van der Waals surface area contributed by atoms with E-state index in [4.69, 9.17) is 5.11 Å². The summed E-state index contributed by atoms with van der Waals surface area (Å²) in [5.41, 5.74) is 0. The molecule has 10 heteroatoms. The van der Waals surface area contributed by atoms with Crippen molar-refractivity contribution in [3.8, 4) is 0 Å². The number of rotatable bonds is 7. The summed E-state index contributed by atoms with van der Waals surface area (Å²) in [4.78, 5) is 1.26. The summed E-state index contributed by atoms with van der Waals surface area (Å²) in [6, 6.07) is -0.972. The third kappa shape index (κ3) is 4.32. The lowest BCUT2D eigenvalue weighted by Gasteiger charge is -2.44. The lowest BCUT2D eigenvalue weighted by molar-refractivity contribution is -0.162. The van der Waals surface area contributed by atoms with Crippen molar-refractivity contribution in [2.24, 2.45) is 0 Å². The highest BCUT2D eigenvalue weighted by Crippen LogP contribution is 2.20. The topological polar surface area (TPSA) is 185 Å². The molecule has 0 aromatic rings. The number of likely N-dealkylation sites (tertiary alicyclic amines) is 1. The predicted octanol–water partition coefficient (Wildman–Crippen LogP) is -5.82. The van der Waals surface area contributed by atoms with E-state index in [0.29, 0.717) is 0 Å². The Bertz CT molecular complexity index is 334. The van der Waals surface area contributed by atoms with E-state index in [9.17, 15) is 40.9 Å². The number of aliphatic hydroxyl groups is 9. The number of hydrogen-bond donors (Lipinski definition) is 9. The van der Waals surface area contributed by atoms with Crippen molar-refractivity contribution in [2.45, 2.75) is 48.8 Å². The molecular formula is C12H25NO9. The average Bonchev–Trinajstić information content (AvgIpc) is 2.50. The molecule has 1 aliphatic heterocycles. The highest BCUT2D eigenvalue weighted by molar-refractivity contribution is 4.95. The molecule has 0 unspecified atom stereocenters. The Morgan fingerprint density at radius 3 is 1.91 bits per heavy atom. The van der Waals surface area contributed by atoms with Crippen molar-refractivity contribution in [2.75, 3.05) is 26.3 Å². The number of nitrogens with zero attached hydrogens (tertiary/aromatic N) is 1. The Hall–Kier alpha value is -0.400. The van der Waals surface area contributed by atoms with Crippen LogP contribution in [-0.4, -0.2) is 126 Å². The van der Waals surface area contributed by atoms with Crippen molar-refractivity contribution in [3.63, 3.8) is 0 Å². The molecule has 1 aliphatic rings. The van der Waals surface area contributed by atoms with E-state index < -0.39 is 62.0 Å². The van der Waals surface area contributed by atoms with Crippen molar-refractivity contribution in [1.29, 1.82) is 0 Å². The molecule has 8 atom stereocenters. The summed E-state index contributed by atoms with van der Waals surface area (Å²) in [5.74, 6) is 0. The zero-order valence-corrected chi connectivity index (χ0v) is 11.9. The predicted molar refractivity (Wildman–Crippen MR) is 71.6 cm³/mol. The Balaban J connectivity index is 2.70. The first-order chi connectivity index (χ1) is 10.2. The first-order valence-electron chi connectivity index (χ1n) is 6.96. The smallest absolute Gasteiger partial charge is 0.111 e. The minimum Gasteiger partial charge on any atom is -0.395 e. The van der Waals surface area contributed by atoms with E-state index in [-0.39, 0.29) is 13.1 Å². The van der Waals surface area contributed by atoms with Gasteiger partial charge < -0.3 is 46.0 Å². The molecule has 10 nitrogen and oxygen atoms in total. The summed E-state index contributed by atoms with van der Waals surface area (Å²) in [7, 11) is 0. The maximum Gasteiger partial charge on any atom is 0.111 e. The van der Waals surface area contributed by atoms with Gasteiger partial charge in [0.25, 0.3) is 0 Å². The van der Waals surface area contributed by atoms with Crippen molar-refractivity contribution in [1.82, 2.24) is 4.90 Å². The van der Waals surface area contributed by atoms with Crippen LogP contribution in [0.4, 0.5) is 0 Å². The summed E-state index contributed by atoms with van der Waals surface area (Å²) in [6.07, 6.45) is -11.0. The second-order valence-electron chi connectivity index (χ2n) is 5.55. The summed E-state index contributed by atoms with van der Waals surface area (Å²) in [6.45, 7) is -1.89. The van der Waals surface area contributed by atoms with Gasteiger partial charge in [0.15, 0.2) is 0 Å². The molecule has 9 N–H and O–H groups in total. The number of piperidine rings is 1. The summed E-state index contributed by atoms with van der Waals surface area (Å²) in [5, 5.41) is 85.3. The van der Waals surface area contributed by atoms with Gasteiger partial charge in [0.1, 0.15) is 30.5 Å². The molecule has 0 aromatic heterocycles. The van der Waals surface area contributed by atoms with E-state index >= 15 is 0 Å². The lowest BCUT2D eigenvalue weighted by atomic mass is 9.93. The quantitative estimate of drug-likeness (QED) is 0.218. The van der Waals surface area contributed by atoms with Crippen LogP contribution in [0, 0.1) is 0 Å². The van der Waals surface area contributed by atoms with Crippen LogP contribution in [0.2, 0.25) is 0 Å². The Labute approximate surface area is 127 Å². The maximum absolute atomic E-state index is 9.88. The van der Waals surface area contributed by atoms with E-state index in [1.165, 1.54) is 4.90 Å². The molecule has 1 heterocycles. The zero-order valence-electron chi connectivity index (χ0n) is 11.9. The van der Waals surface area contributed by atoms with Gasteiger partial charge in [-0.1, -0.05) is 0 Å². The first-order valence-corrected chi connectivity index (χ1v) is 6.96. The monoisotopic (exact) mass is 327 g/mol. The second-order valence-corrected chi connectivity index (χ2v) is 5.55. The molecule has 22 heavy (non-hydrogen) atoms. The molecule has 0 spiro atoms. The van der Waals surface area contributed by atoms with Gasteiger partial charge in [-0.25, -0.2) is 0 Å². The molecule has 1 rings (SSSR count). The van der Waals surface area contributed by atoms with Gasteiger partial charge in [0.2, 0.25) is 0 Å². The van der Waals surface area contributed by atoms with Gasteiger partial charge in [-0.15, -0.1) is 0 Å². The molecule has 1 saturated heterocycles. The highest BCUT2D eigenvalue weighted by Gasteiger charge is 2.42. The zero-order chi connectivity index (χ0) is 17.0. The minimum atomic E-state index is -1.79. The maximum atomic E-state index is 9.88. The summed E-state index contributed by atoms with van der Waals surface area (Å²) < 4.78 is 0. The van der Waals surface area contributed by atoms with Gasteiger partial charge >= 0.3 is 0 Å². The number of β-amino-alcohol motifs (C(OH)–C–C–N with tert-alkyl or cyclic N) is 2. The number of aliphatic hydroxyl groups excluding tert-OH is 9. The fraction of sp³-hybridized carbons (Fsp3) is 1.00. The lowest BCUT2D eigenvalue weighted by Crippen LogP contribution is -2.64. The molecule has 1 fully saturated rings. The third-order valence-electron chi connectivity index (χ3n) is 3.96. The number of hydrogen-bond acceptors (Lipinski definition) is 10. The van der Waals surface area contributed by atoms with E-state index in [2.05, 4.69) is 0 Å². The van der Waals surface area contributed by atoms with Crippen LogP contribution < -0.4 is 0 Å². The molecule has 0 radical (unpaired) electrons. The Kier molecular flexibility index (Phi) is 7.55. The van der Waals surface area contributed by atoms with Gasteiger partial charge in [0.05, 0.1) is 31.5 Å². The highest BCUT2D eigenvalue weighted by atomic mass is 16.4.